The van der Waals surface area contributed by atoms with E-state index in [2.05, 4.69) is 62.6 Å². The third kappa shape index (κ3) is 10.8. The largest absolute Gasteiger partial charge is 0.462 e. The number of rotatable bonds is 17. The summed E-state index contributed by atoms with van der Waals surface area (Å²) in [5, 5.41) is 13.9. The summed E-state index contributed by atoms with van der Waals surface area (Å²) in [6.07, 6.45) is 6.80. The monoisotopic (exact) mass is 907 g/mol. The van der Waals surface area contributed by atoms with Gasteiger partial charge < -0.3 is 18.9 Å². The molecule has 2 aliphatic rings. The van der Waals surface area contributed by atoms with Crippen molar-refractivity contribution in [2.24, 2.45) is 15.3 Å². The molecule has 334 valence electrons. The van der Waals surface area contributed by atoms with E-state index < -0.39 is 11.9 Å². The smallest absolute Gasteiger partial charge is 0.344 e. The van der Waals surface area contributed by atoms with Crippen LogP contribution in [0.1, 0.15) is 81.6 Å². The van der Waals surface area contributed by atoms with Gasteiger partial charge in [-0.15, -0.1) is 0 Å². The maximum Gasteiger partial charge on any atom is 0.344 e. The quantitative estimate of drug-likeness (QED) is 0.0179. The molecule has 12 nitrogen and oxygen atoms in total. The second-order valence-corrected chi connectivity index (χ2v) is 17.2. The molecule has 0 radical (unpaired) electrons. The van der Waals surface area contributed by atoms with Crippen LogP contribution in [0.15, 0.2) is 155 Å². The highest BCUT2D eigenvalue weighted by Gasteiger charge is 2.23. The van der Waals surface area contributed by atoms with Crippen LogP contribution in [0.3, 0.4) is 0 Å². The van der Waals surface area contributed by atoms with E-state index in [0.717, 1.165) is 59.2 Å². The molecule has 1 fully saturated rings. The Morgan fingerprint density at radius 3 is 2.24 bits per heavy atom. The van der Waals surface area contributed by atoms with E-state index >= 15 is 0 Å². The van der Waals surface area contributed by atoms with Crippen molar-refractivity contribution in [1.82, 2.24) is 4.98 Å². The molecule has 0 saturated carbocycles. The predicted molar refractivity (Wildman–Crippen MR) is 263 cm³/mol. The number of benzene rings is 6. The second-order valence-electron chi connectivity index (χ2n) is 16.2. The minimum atomic E-state index is -0.726. The topological polar surface area (TPSA) is 153 Å². The number of esters is 3. The first kappa shape index (κ1) is 44.3. The number of ether oxygens (including phenoxy) is 4. The van der Waals surface area contributed by atoms with Crippen molar-refractivity contribution < 1.29 is 33.3 Å². The molecule has 0 spiro atoms. The number of carbonyl (C=O) groups is 3. The molecule has 1 aliphatic heterocycles. The molecule has 1 aliphatic carbocycles. The predicted octanol–water partition coefficient (Wildman–Crippen LogP) is 11.3. The first-order chi connectivity index (χ1) is 32.6. The molecule has 1 atom stereocenters. The molecule has 7 aromatic rings. The number of aromatic nitrogens is 1. The van der Waals surface area contributed by atoms with Crippen molar-refractivity contribution >= 4 is 62.7 Å². The Morgan fingerprint density at radius 2 is 1.48 bits per heavy atom. The molecule has 13 heteroatoms. The average Bonchev–Trinajstić information content (AvgIpc) is 3.95. The molecule has 1 aromatic heterocycles. The summed E-state index contributed by atoms with van der Waals surface area (Å²) in [7, 11) is 0. The van der Waals surface area contributed by atoms with E-state index in [1.807, 2.05) is 67.6 Å². The Bertz CT molecular complexity index is 3080. The highest BCUT2D eigenvalue weighted by atomic mass is 32.1. The lowest BCUT2D eigenvalue weighted by atomic mass is 10.0. The van der Waals surface area contributed by atoms with Gasteiger partial charge in [0.25, 0.3) is 0 Å². The van der Waals surface area contributed by atoms with E-state index in [-0.39, 0.29) is 39.7 Å². The number of nitrogens with one attached hydrogen (secondary N) is 1. The van der Waals surface area contributed by atoms with Crippen LogP contribution in [0.25, 0.3) is 32.5 Å². The number of thiazole rings is 1. The fraction of sp³-hybridized carbons (Fsp3) is 0.167. The van der Waals surface area contributed by atoms with E-state index in [9.17, 15) is 14.4 Å². The highest BCUT2D eigenvalue weighted by molar-refractivity contribution is 7.22. The molecular weight excluding hydrogens is 863 g/mol. The summed E-state index contributed by atoms with van der Waals surface area (Å²) >= 11 is 1.42. The fourth-order valence-electron chi connectivity index (χ4n) is 7.66. The van der Waals surface area contributed by atoms with Crippen molar-refractivity contribution in [3.63, 3.8) is 0 Å². The van der Waals surface area contributed by atoms with Gasteiger partial charge in [0.2, 0.25) is 5.13 Å². The first-order valence-corrected chi connectivity index (χ1v) is 22.7. The Balaban J connectivity index is 0.978. The van der Waals surface area contributed by atoms with Gasteiger partial charge in [0.15, 0.2) is 0 Å². The third-order valence-corrected chi connectivity index (χ3v) is 12.2. The van der Waals surface area contributed by atoms with Crippen molar-refractivity contribution in [3.05, 3.63) is 178 Å². The Kier molecular flexibility index (Phi) is 13.3. The van der Waals surface area contributed by atoms with Crippen LogP contribution in [0.2, 0.25) is 0 Å². The van der Waals surface area contributed by atoms with Crippen LogP contribution in [-0.2, 0) is 20.7 Å². The zero-order valence-electron chi connectivity index (χ0n) is 36.9. The molecule has 1 unspecified atom stereocenters. The van der Waals surface area contributed by atoms with Gasteiger partial charge in [-0.25, -0.2) is 19.4 Å². The highest BCUT2D eigenvalue weighted by Crippen LogP contribution is 2.37. The number of hydrogen-bond acceptors (Lipinski definition) is 13. The minimum Gasteiger partial charge on any atom is -0.462 e. The molecule has 6 aromatic carbocycles. The number of para-hydroxylation sites is 1. The van der Waals surface area contributed by atoms with E-state index in [1.54, 1.807) is 31.2 Å². The van der Waals surface area contributed by atoms with Crippen LogP contribution < -0.4 is 14.9 Å². The Hall–Kier alpha value is -7.87. The molecule has 0 amide bonds. The number of hydrazone groups is 1. The van der Waals surface area contributed by atoms with E-state index in [1.165, 1.54) is 58.2 Å². The van der Waals surface area contributed by atoms with Gasteiger partial charge in [-0.1, -0.05) is 90.7 Å². The summed E-state index contributed by atoms with van der Waals surface area (Å²) in [5.41, 5.74) is 13.2. The second kappa shape index (κ2) is 20.1. The summed E-state index contributed by atoms with van der Waals surface area (Å²) in [6.45, 7) is 8.33. The maximum absolute atomic E-state index is 14.4. The van der Waals surface area contributed by atoms with Gasteiger partial charge in [-0.2, -0.15) is 15.3 Å². The lowest BCUT2D eigenvalue weighted by molar-refractivity contribution is -0.130. The average molecular weight is 908 g/mol. The maximum atomic E-state index is 14.4. The zero-order valence-corrected chi connectivity index (χ0v) is 37.7. The molecule has 1 saturated heterocycles. The number of unbranched alkanes of at least 4 members (excludes halogenated alkanes) is 1. The number of hydrogen-bond donors (Lipinski definition) is 1. The first-order valence-electron chi connectivity index (χ1n) is 21.9. The van der Waals surface area contributed by atoms with Gasteiger partial charge in [-0.3, -0.25) is 5.43 Å². The van der Waals surface area contributed by atoms with Crippen LogP contribution in [0.4, 0.5) is 5.13 Å². The Labute approximate surface area is 391 Å². The molecule has 0 bridgehead atoms. The van der Waals surface area contributed by atoms with Crippen molar-refractivity contribution in [2.45, 2.75) is 45.6 Å². The van der Waals surface area contributed by atoms with Crippen molar-refractivity contribution in [3.8, 4) is 33.8 Å². The summed E-state index contributed by atoms with van der Waals surface area (Å²) < 4.78 is 23.4. The van der Waals surface area contributed by atoms with Gasteiger partial charge in [-0.05, 0) is 133 Å². The van der Waals surface area contributed by atoms with Crippen molar-refractivity contribution in [1.29, 1.82) is 0 Å². The lowest BCUT2D eigenvalue weighted by Gasteiger charge is -2.13. The van der Waals surface area contributed by atoms with Crippen LogP contribution in [0.5, 0.6) is 11.5 Å². The van der Waals surface area contributed by atoms with Gasteiger partial charge >= 0.3 is 17.9 Å². The van der Waals surface area contributed by atoms with Crippen LogP contribution in [-0.4, -0.2) is 60.4 Å². The fourth-order valence-corrected chi connectivity index (χ4v) is 8.48. The number of anilines is 1. The summed E-state index contributed by atoms with van der Waals surface area (Å²) in [6, 6.07) is 39.6. The SMILES string of the molecule is C=C(C)C(=O)Oc1cc(/C=N/N=C(\C)c2ccc3c(c2)Cc2ccccc2-3)c(C(=O)Oc2ccc(-c3ccc(C(=O)OCCCCC4CO4)cc3)cc2)c(/C=N/Nc2nc3ccccc3s2)c1. The number of fused-ring (bicyclic) bond motifs is 4. The molecular formula is C54H45N5O7S. The molecule has 1 N–H and O–H groups in total. The Morgan fingerprint density at radius 1 is 0.776 bits per heavy atom. The third-order valence-electron chi connectivity index (χ3n) is 11.3. The minimum absolute atomic E-state index is 0.0837. The van der Waals surface area contributed by atoms with E-state index in [0.29, 0.717) is 29.1 Å². The molecule has 9 rings (SSSR count). The molecule has 67 heavy (non-hydrogen) atoms. The molecule has 2 heterocycles. The van der Waals surface area contributed by atoms with Crippen LogP contribution in [0, 0.1) is 0 Å². The number of epoxide rings is 1. The van der Waals surface area contributed by atoms with E-state index in [4.69, 9.17) is 18.9 Å². The summed E-state index contributed by atoms with van der Waals surface area (Å²) in [5.74, 6) is -1.36. The van der Waals surface area contributed by atoms with Crippen LogP contribution >= 0.6 is 11.3 Å². The van der Waals surface area contributed by atoms with Gasteiger partial charge in [0.05, 0.1) is 58.8 Å². The lowest BCUT2D eigenvalue weighted by Crippen LogP contribution is -2.16. The van der Waals surface area contributed by atoms with Crippen molar-refractivity contribution in [2.75, 3.05) is 18.6 Å². The number of nitrogens with zero attached hydrogens (tertiary/aromatic N) is 4. The summed E-state index contributed by atoms with van der Waals surface area (Å²) in [4.78, 5) is 44.4. The van der Waals surface area contributed by atoms with Gasteiger partial charge in [0, 0.05) is 16.7 Å². The number of carbonyl (C=O) groups excluding carboxylic acids is 3. The normalized spacial score (nSPS) is 13.9. The standard InChI is InChI=1S/C54H45N5O7S/c1-33(2)51(60)66-45-28-41(30-55-58-34(3)38-21-24-47-40(26-38)27-39-10-4-5-12-46(39)47)50(42(29-45)31-56-59-54-57-48-13-6-7-14-49(48)67-54)53(62)65-43-22-19-36(20-23-43)35-15-17-37(18-16-35)52(61)63-25-9-8-11-44-32-64-44/h4-7,10,12-24,26,28-31,44H,1,8-9,11,25,27,32H2,2-3H3,(H,57,59)/b55-30+,56-31+,58-34+. The van der Waals surface area contributed by atoms with Gasteiger partial charge in [0.1, 0.15) is 11.5 Å². The zero-order chi connectivity index (χ0) is 46.3.